The van der Waals surface area contributed by atoms with Crippen molar-refractivity contribution >= 4 is 43.2 Å². The molecule has 4 rings (SSSR count). The molecule has 0 bridgehead atoms. The maximum absolute atomic E-state index is 13.2. The molecule has 0 radical (unpaired) electrons. The molecule has 9 heteroatoms. The monoisotopic (exact) mass is 466 g/mol. The quantitative estimate of drug-likeness (QED) is 0.746. The van der Waals surface area contributed by atoms with Crippen molar-refractivity contribution in [2.24, 2.45) is 0 Å². The minimum atomic E-state index is -3.93. The van der Waals surface area contributed by atoms with Gasteiger partial charge < -0.3 is 14.4 Å². The summed E-state index contributed by atoms with van der Waals surface area (Å²) in [6.45, 7) is 3.12. The second-order valence-corrected chi connectivity index (χ2v) is 9.09. The van der Waals surface area contributed by atoms with Gasteiger partial charge in [0.25, 0.3) is 10.0 Å². The van der Waals surface area contributed by atoms with E-state index in [-0.39, 0.29) is 10.8 Å². The summed E-state index contributed by atoms with van der Waals surface area (Å²) in [7, 11) is -3.93. The van der Waals surface area contributed by atoms with Crippen LogP contribution in [0.4, 0.5) is 11.4 Å². The van der Waals surface area contributed by atoms with E-state index in [9.17, 15) is 13.2 Å². The van der Waals surface area contributed by atoms with E-state index in [1.54, 1.807) is 30.0 Å². The Balaban J connectivity index is 1.73. The fourth-order valence-electron chi connectivity index (χ4n) is 3.43. The molecular weight excluding hydrogens is 448 g/mol. The van der Waals surface area contributed by atoms with Gasteiger partial charge in [0.15, 0.2) is 11.5 Å². The minimum Gasteiger partial charge on any atom is -0.486 e. The largest absolute Gasteiger partial charge is 0.486 e. The average Bonchev–Trinajstić information content (AvgIpc) is 3.09. The number of nitrogens with one attached hydrogen (secondary N) is 1. The van der Waals surface area contributed by atoms with Gasteiger partial charge >= 0.3 is 0 Å². The lowest BCUT2D eigenvalue weighted by atomic mass is 10.2. The number of carbonyl (C=O) groups is 1. The lowest BCUT2D eigenvalue weighted by Crippen LogP contribution is -2.29. The van der Waals surface area contributed by atoms with Gasteiger partial charge in [-0.1, -0.05) is 22.9 Å². The van der Waals surface area contributed by atoms with Crippen molar-refractivity contribution in [3.63, 3.8) is 0 Å². The van der Waals surface area contributed by atoms with Gasteiger partial charge in [0, 0.05) is 23.5 Å². The number of hydrogen-bond donors (Lipinski definition) is 1. The van der Waals surface area contributed by atoms with Crippen LogP contribution in [0.15, 0.2) is 39.7 Å². The maximum atomic E-state index is 13.2. The topological polar surface area (TPSA) is 84.9 Å². The van der Waals surface area contributed by atoms with Gasteiger partial charge in [-0.3, -0.25) is 9.52 Å². The summed E-state index contributed by atoms with van der Waals surface area (Å²) in [6.07, 6.45) is 0.928. The minimum absolute atomic E-state index is 0.0751. The Morgan fingerprint density at radius 1 is 1.18 bits per heavy atom. The third kappa shape index (κ3) is 3.44. The van der Waals surface area contributed by atoms with Crippen LogP contribution in [0.1, 0.15) is 18.9 Å². The third-order valence-electron chi connectivity index (χ3n) is 4.68. The Hall–Kier alpha value is -2.26. The molecule has 2 aromatic rings. The molecule has 1 amide bonds. The highest BCUT2D eigenvalue weighted by atomic mass is 79.9. The van der Waals surface area contributed by atoms with Crippen LogP contribution in [-0.4, -0.2) is 34.1 Å². The van der Waals surface area contributed by atoms with E-state index in [0.29, 0.717) is 59.9 Å². The molecule has 0 fully saturated rings. The van der Waals surface area contributed by atoms with E-state index in [0.717, 1.165) is 5.56 Å². The molecule has 0 saturated heterocycles. The van der Waals surface area contributed by atoms with Gasteiger partial charge in [0.05, 0.1) is 11.4 Å². The molecule has 0 saturated carbocycles. The molecule has 0 atom stereocenters. The van der Waals surface area contributed by atoms with E-state index in [1.165, 1.54) is 6.07 Å². The Kier molecular flexibility index (Phi) is 4.96. The third-order valence-corrected chi connectivity index (χ3v) is 6.53. The predicted molar refractivity (Wildman–Crippen MR) is 109 cm³/mol. The summed E-state index contributed by atoms with van der Waals surface area (Å²) in [6, 6.07) is 8.28. The Morgan fingerprint density at radius 2 is 1.93 bits per heavy atom. The van der Waals surface area contributed by atoms with Crippen LogP contribution in [0.2, 0.25) is 0 Å². The molecule has 0 aromatic heterocycles. The number of halogens is 1. The zero-order chi connectivity index (χ0) is 19.9. The van der Waals surface area contributed by atoms with Crippen molar-refractivity contribution in [2.45, 2.75) is 24.7 Å². The lowest BCUT2D eigenvalue weighted by Gasteiger charge is -2.21. The molecule has 28 heavy (non-hydrogen) atoms. The summed E-state index contributed by atoms with van der Waals surface area (Å²) < 4.78 is 40.6. The second-order valence-electron chi connectivity index (χ2n) is 6.52. The van der Waals surface area contributed by atoms with E-state index in [4.69, 9.17) is 9.47 Å². The number of benzene rings is 2. The summed E-state index contributed by atoms with van der Waals surface area (Å²) in [4.78, 5) is 14.0. The van der Waals surface area contributed by atoms with Gasteiger partial charge in [-0.15, -0.1) is 0 Å². The summed E-state index contributed by atoms with van der Waals surface area (Å²) in [5.41, 5.74) is 1.66. The second kappa shape index (κ2) is 7.29. The summed E-state index contributed by atoms with van der Waals surface area (Å²) in [5, 5.41) is 0. The van der Waals surface area contributed by atoms with Gasteiger partial charge in [-0.05, 0) is 36.2 Å². The van der Waals surface area contributed by atoms with E-state index >= 15 is 0 Å². The first-order valence-corrected chi connectivity index (χ1v) is 11.2. The Morgan fingerprint density at radius 3 is 2.68 bits per heavy atom. The standard InChI is InChI=1S/C19H19BrN2O5S/c1-2-18(23)22-6-5-12-9-13(20)10-17(19(12)22)28(24,25)21-14-3-4-15-16(11-14)27-8-7-26-15/h3-4,9-11,21H,2,5-8H2,1H3. The highest BCUT2D eigenvalue weighted by molar-refractivity contribution is 9.10. The van der Waals surface area contributed by atoms with Gasteiger partial charge in [0.1, 0.15) is 18.1 Å². The van der Waals surface area contributed by atoms with Crippen LogP contribution in [0, 0.1) is 0 Å². The zero-order valence-corrected chi connectivity index (χ0v) is 17.6. The molecule has 2 heterocycles. The number of nitrogens with zero attached hydrogens (tertiary/aromatic N) is 1. The molecule has 148 valence electrons. The van der Waals surface area contributed by atoms with Crippen molar-refractivity contribution in [1.82, 2.24) is 0 Å². The van der Waals surface area contributed by atoms with Crippen molar-refractivity contribution < 1.29 is 22.7 Å². The number of fused-ring (bicyclic) bond motifs is 2. The average molecular weight is 467 g/mol. The summed E-state index contributed by atoms with van der Waals surface area (Å²) in [5.74, 6) is 0.975. The van der Waals surface area contributed by atoms with Crippen molar-refractivity contribution in [2.75, 3.05) is 29.4 Å². The van der Waals surface area contributed by atoms with Gasteiger partial charge in [-0.25, -0.2) is 8.42 Å². The Bertz CT molecular complexity index is 1050. The number of hydrogen-bond acceptors (Lipinski definition) is 5. The van der Waals surface area contributed by atoms with E-state index < -0.39 is 10.0 Å². The van der Waals surface area contributed by atoms with Crippen molar-refractivity contribution in [3.8, 4) is 11.5 Å². The van der Waals surface area contributed by atoms with Crippen molar-refractivity contribution in [3.05, 3.63) is 40.4 Å². The first kappa shape index (κ1) is 19.1. The van der Waals surface area contributed by atoms with E-state index in [2.05, 4.69) is 20.7 Å². The van der Waals surface area contributed by atoms with Crippen LogP contribution in [-0.2, 0) is 21.2 Å². The van der Waals surface area contributed by atoms with E-state index in [1.807, 2.05) is 6.07 Å². The number of sulfonamides is 1. The first-order chi connectivity index (χ1) is 13.4. The normalized spacial score (nSPS) is 15.3. The fraction of sp³-hybridized carbons (Fsp3) is 0.316. The van der Waals surface area contributed by atoms with Gasteiger partial charge in [0.2, 0.25) is 5.91 Å². The fourth-order valence-corrected chi connectivity index (χ4v) is 5.41. The Labute approximate surface area is 171 Å². The van der Waals surface area contributed by atoms with Crippen molar-refractivity contribution in [1.29, 1.82) is 0 Å². The molecule has 2 aliphatic heterocycles. The van der Waals surface area contributed by atoms with Gasteiger partial charge in [-0.2, -0.15) is 0 Å². The number of carbonyl (C=O) groups excluding carboxylic acids is 1. The van der Waals surface area contributed by atoms with Crippen LogP contribution >= 0.6 is 15.9 Å². The predicted octanol–water partition coefficient (Wildman–Crippen LogP) is 3.32. The molecule has 1 N–H and O–H groups in total. The molecule has 2 aromatic carbocycles. The number of anilines is 2. The highest BCUT2D eigenvalue weighted by Gasteiger charge is 2.32. The highest BCUT2D eigenvalue weighted by Crippen LogP contribution is 2.39. The van der Waals surface area contributed by atoms with Crippen LogP contribution in [0.3, 0.4) is 0 Å². The number of rotatable bonds is 4. The van der Waals surface area contributed by atoms with Crippen LogP contribution < -0.4 is 19.1 Å². The maximum Gasteiger partial charge on any atom is 0.264 e. The summed E-state index contributed by atoms with van der Waals surface area (Å²) >= 11 is 3.38. The SMILES string of the molecule is CCC(=O)N1CCc2cc(Br)cc(S(=O)(=O)Nc3ccc4c(c3)OCCO4)c21. The first-order valence-electron chi connectivity index (χ1n) is 8.94. The molecular formula is C19H19BrN2O5S. The number of amides is 1. The molecule has 0 aliphatic carbocycles. The zero-order valence-electron chi connectivity index (χ0n) is 15.2. The van der Waals surface area contributed by atoms with Crippen LogP contribution in [0.25, 0.3) is 0 Å². The van der Waals surface area contributed by atoms with Crippen LogP contribution in [0.5, 0.6) is 11.5 Å². The molecule has 0 unspecified atom stereocenters. The number of ether oxygens (including phenoxy) is 2. The molecule has 7 nitrogen and oxygen atoms in total. The molecule has 0 spiro atoms. The smallest absolute Gasteiger partial charge is 0.264 e. The molecule has 2 aliphatic rings. The lowest BCUT2D eigenvalue weighted by molar-refractivity contribution is -0.118.